The predicted molar refractivity (Wildman–Crippen MR) is 96.4 cm³/mol. The summed E-state index contributed by atoms with van der Waals surface area (Å²) >= 11 is 5.80. The Balaban J connectivity index is 2.03. The second-order valence-electron chi connectivity index (χ2n) is 5.19. The maximum absolute atomic E-state index is 12.0. The van der Waals surface area contributed by atoms with Crippen LogP contribution in [0.15, 0.2) is 59.5 Å². The first-order valence-electron chi connectivity index (χ1n) is 7.06. The number of anilines is 1. The summed E-state index contributed by atoms with van der Waals surface area (Å²) in [7, 11) is -0.546. The van der Waals surface area contributed by atoms with Gasteiger partial charge in [-0.3, -0.25) is 4.79 Å². The van der Waals surface area contributed by atoms with Crippen LogP contribution in [0.5, 0.6) is 0 Å². The molecule has 7 heteroatoms. The number of amides is 1. The SMILES string of the molecule is CN(C)S(=O)(=O)c1ccc(NC(=O)/C=C/c2ccc(Cl)cc2)cc1. The van der Waals surface area contributed by atoms with E-state index in [1.54, 1.807) is 42.5 Å². The molecule has 2 aromatic carbocycles. The van der Waals surface area contributed by atoms with Gasteiger partial charge in [-0.25, -0.2) is 12.7 Å². The Labute approximate surface area is 146 Å². The van der Waals surface area contributed by atoms with E-state index >= 15 is 0 Å². The van der Waals surface area contributed by atoms with E-state index in [0.717, 1.165) is 9.87 Å². The Hall–Kier alpha value is -2.15. The van der Waals surface area contributed by atoms with E-state index in [2.05, 4.69) is 5.32 Å². The Morgan fingerprint density at radius 3 is 2.17 bits per heavy atom. The molecule has 2 rings (SSSR count). The maximum atomic E-state index is 12.0. The van der Waals surface area contributed by atoms with Gasteiger partial charge in [-0.05, 0) is 48.0 Å². The number of nitrogens with one attached hydrogen (secondary N) is 1. The molecule has 5 nitrogen and oxygen atoms in total. The number of carbonyl (C=O) groups is 1. The van der Waals surface area contributed by atoms with Gasteiger partial charge in [-0.2, -0.15) is 0 Å². The van der Waals surface area contributed by atoms with Gasteiger partial charge in [0, 0.05) is 30.9 Å². The van der Waals surface area contributed by atoms with Crippen LogP contribution in [0.1, 0.15) is 5.56 Å². The van der Waals surface area contributed by atoms with Crippen molar-refractivity contribution in [1.29, 1.82) is 0 Å². The molecule has 0 aromatic heterocycles. The topological polar surface area (TPSA) is 66.5 Å². The van der Waals surface area contributed by atoms with Gasteiger partial charge in [0.05, 0.1) is 4.90 Å². The average molecular weight is 365 g/mol. The van der Waals surface area contributed by atoms with E-state index in [4.69, 9.17) is 11.6 Å². The van der Waals surface area contributed by atoms with E-state index in [0.29, 0.717) is 10.7 Å². The Bertz CT molecular complexity index is 842. The third-order valence-electron chi connectivity index (χ3n) is 3.20. The smallest absolute Gasteiger partial charge is 0.248 e. The highest BCUT2D eigenvalue weighted by Crippen LogP contribution is 2.17. The summed E-state index contributed by atoms with van der Waals surface area (Å²) < 4.78 is 25.1. The molecule has 0 heterocycles. The first-order chi connectivity index (χ1) is 11.3. The van der Waals surface area contributed by atoms with Gasteiger partial charge in [0.1, 0.15) is 0 Å². The van der Waals surface area contributed by atoms with Gasteiger partial charge < -0.3 is 5.32 Å². The monoisotopic (exact) mass is 364 g/mol. The summed E-state index contributed by atoms with van der Waals surface area (Å²) in [5.41, 5.74) is 1.36. The highest BCUT2D eigenvalue weighted by Gasteiger charge is 2.16. The van der Waals surface area contributed by atoms with E-state index in [1.807, 2.05) is 0 Å². The van der Waals surface area contributed by atoms with Crippen molar-refractivity contribution in [2.75, 3.05) is 19.4 Å². The van der Waals surface area contributed by atoms with Crippen molar-refractivity contribution in [3.8, 4) is 0 Å². The van der Waals surface area contributed by atoms with Crippen LogP contribution in [0.4, 0.5) is 5.69 Å². The van der Waals surface area contributed by atoms with E-state index < -0.39 is 10.0 Å². The van der Waals surface area contributed by atoms with Crippen molar-refractivity contribution in [3.05, 3.63) is 65.2 Å². The van der Waals surface area contributed by atoms with Crippen molar-refractivity contribution in [2.24, 2.45) is 0 Å². The van der Waals surface area contributed by atoms with E-state index in [1.165, 1.54) is 32.3 Å². The van der Waals surface area contributed by atoms with Gasteiger partial charge in [0.25, 0.3) is 0 Å². The number of sulfonamides is 1. The third-order valence-corrected chi connectivity index (χ3v) is 5.28. The lowest BCUT2D eigenvalue weighted by atomic mass is 10.2. The summed E-state index contributed by atoms with van der Waals surface area (Å²) in [5.74, 6) is -0.312. The fourth-order valence-corrected chi connectivity index (χ4v) is 2.88. The van der Waals surface area contributed by atoms with Crippen LogP contribution in [-0.4, -0.2) is 32.7 Å². The van der Waals surface area contributed by atoms with E-state index in [-0.39, 0.29) is 10.8 Å². The maximum Gasteiger partial charge on any atom is 0.248 e. The van der Waals surface area contributed by atoms with Crippen LogP contribution in [0.25, 0.3) is 6.08 Å². The molecule has 0 radical (unpaired) electrons. The zero-order chi connectivity index (χ0) is 17.7. The molecule has 1 N–H and O–H groups in total. The van der Waals surface area contributed by atoms with Gasteiger partial charge in [-0.15, -0.1) is 0 Å². The highest BCUT2D eigenvalue weighted by atomic mass is 35.5. The molecule has 0 fully saturated rings. The fraction of sp³-hybridized carbons (Fsp3) is 0.118. The van der Waals surface area contributed by atoms with Gasteiger partial charge in [0.15, 0.2) is 0 Å². The molecule has 0 aliphatic rings. The summed E-state index contributed by atoms with van der Waals surface area (Å²) in [6, 6.07) is 13.1. The van der Waals surface area contributed by atoms with Crippen LogP contribution in [-0.2, 0) is 14.8 Å². The number of rotatable bonds is 5. The molecule has 0 spiro atoms. The van der Waals surface area contributed by atoms with Gasteiger partial charge in [0.2, 0.25) is 15.9 Å². The molecule has 0 atom stereocenters. The molecule has 0 saturated heterocycles. The van der Waals surface area contributed by atoms with Gasteiger partial charge in [-0.1, -0.05) is 23.7 Å². The quantitative estimate of drug-likeness (QED) is 0.828. The molecular formula is C17H17ClN2O3S. The van der Waals surface area contributed by atoms with Crippen LogP contribution in [0, 0.1) is 0 Å². The second kappa shape index (κ2) is 7.61. The Morgan fingerprint density at radius 2 is 1.62 bits per heavy atom. The van der Waals surface area contributed by atoms with Crippen LogP contribution in [0.3, 0.4) is 0 Å². The number of benzene rings is 2. The normalized spacial score (nSPS) is 11.8. The van der Waals surface area contributed by atoms with Crippen LogP contribution < -0.4 is 5.32 Å². The van der Waals surface area contributed by atoms with Gasteiger partial charge >= 0.3 is 0 Å². The minimum absolute atomic E-state index is 0.169. The molecule has 0 bridgehead atoms. The molecular weight excluding hydrogens is 348 g/mol. The molecule has 1 amide bonds. The first kappa shape index (κ1) is 18.2. The van der Waals surface area contributed by atoms with Crippen molar-refractivity contribution < 1.29 is 13.2 Å². The third kappa shape index (κ3) is 4.67. The lowest BCUT2D eigenvalue weighted by molar-refractivity contribution is -0.111. The van der Waals surface area contributed by atoms with Crippen molar-refractivity contribution in [1.82, 2.24) is 4.31 Å². The minimum atomic E-state index is -3.48. The largest absolute Gasteiger partial charge is 0.323 e. The minimum Gasteiger partial charge on any atom is -0.323 e. The van der Waals surface area contributed by atoms with Crippen LogP contribution >= 0.6 is 11.6 Å². The Morgan fingerprint density at radius 1 is 1.04 bits per heavy atom. The molecule has 126 valence electrons. The van der Waals surface area contributed by atoms with Crippen molar-refractivity contribution in [2.45, 2.75) is 4.90 Å². The molecule has 2 aromatic rings. The number of hydrogen-bond donors (Lipinski definition) is 1. The predicted octanol–water partition coefficient (Wildman–Crippen LogP) is 3.24. The number of halogens is 1. The zero-order valence-electron chi connectivity index (χ0n) is 13.2. The fourth-order valence-electron chi connectivity index (χ4n) is 1.85. The molecule has 24 heavy (non-hydrogen) atoms. The molecule has 0 aliphatic carbocycles. The molecule has 0 aliphatic heterocycles. The average Bonchev–Trinajstić information content (AvgIpc) is 2.54. The molecule has 0 unspecified atom stereocenters. The second-order valence-corrected chi connectivity index (χ2v) is 7.77. The summed E-state index contributed by atoms with van der Waals surface area (Å²) in [6.07, 6.45) is 3.06. The zero-order valence-corrected chi connectivity index (χ0v) is 14.8. The summed E-state index contributed by atoms with van der Waals surface area (Å²) in [5, 5.41) is 3.30. The standard InChI is InChI=1S/C17H17ClN2O3S/c1-20(2)24(22,23)16-10-8-15(9-11-16)19-17(21)12-5-13-3-6-14(18)7-4-13/h3-12H,1-2H3,(H,19,21)/b12-5+. The van der Waals surface area contributed by atoms with Crippen LogP contribution in [0.2, 0.25) is 5.02 Å². The van der Waals surface area contributed by atoms with Crippen molar-refractivity contribution in [3.63, 3.8) is 0 Å². The summed E-state index contributed by atoms with van der Waals surface area (Å²) in [6.45, 7) is 0. The van der Waals surface area contributed by atoms with E-state index in [9.17, 15) is 13.2 Å². The molecule has 0 saturated carbocycles. The lowest BCUT2D eigenvalue weighted by Gasteiger charge is -2.11. The highest BCUT2D eigenvalue weighted by molar-refractivity contribution is 7.89. The number of nitrogens with zero attached hydrogens (tertiary/aromatic N) is 1. The first-order valence-corrected chi connectivity index (χ1v) is 8.88. The lowest BCUT2D eigenvalue weighted by Crippen LogP contribution is -2.22. The number of hydrogen-bond acceptors (Lipinski definition) is 3. The summed E-state index contributed by atoms with van der Waals surface area (Å²) in [4.78, 5) is 12.1. The Kier molecular flexibility index (Phi) is 5.77. The number of carbonyl (C=O) groups excluding carboxylic acids is 1. The van der Waals surface area contributed by atoms with Crippen molar-refractivity contribution >= 4 is 39.3 Å².